The van der Waals surface area contributed by atoms with Crippen molar-refractivity contribution in [1.82, 2.24) is 0 Å². The number of aryl methyl sites for hydroxylation is 3. The van der Waals surface area contributed by atoms with Crippen LogP contribution in [0, 0.1) is 13.8 Å². The van der Waals surface area contributed by atoms with Crippen LogP contribution >= 0.6 is 0 Å². The maximum Gasteiger partial charge on any atom is -0.00235 e. The molecule has 7 rings (SSSR count). The average Bonchev–Trinajstić information content (AvgIpc) is 2.95. The molecule has 1 aliphatic carbocycles. The van der Waals surface area contributed by atoms with Crippen LogP contribution in [0.4, 0.5) is 0 Å². The van der Waals surface area contributed by atoms with Gasteiger partial charge in [-0.2, -0.15) is 0 Å². The van der Waals surface area contributed by atoms with E-state index in [1.165, 1.54) is 77.2 Å². The number of benzene rings is 6. The Bertz CT molecular complexity index is 1790. The summed E-state index contributed by atoms with van der Waals surface area (Å²) in [6, 6.07) is 42.8. The first-order chi connectivity index (χ1) is 18.7. The molecule has 6 aromatic carbocycles. The van der Waals surface area contributed by atoms with Gasteiger partial charge in [-0.05, 0) is 92.8 Å². The lowest BCUT2D eigenvalue weighted by Gasteiger charge is -2.23. The Morgan fingerprint density at radius 1 is 0.474 bits per heavy atom. The monoisotopic (exact) mass is 486 g/mol. The number of fused-ring (bicyclic) bond motifs is 3. The van der Waals surface area contributed by atoms with Gasteiger partial charge in [-0.1, -0.05) is 132 Å². The molecule has 0 aromatic heterocycles. The third-order valence-electron chi connectivity index (χ3n) is 8.00. The summed E-state index contributed by atoms with van der Waals surface area (Å²) in [5.74, 6) is 0. The van der Waals surface area contributed by atoms with Gasteiger partial charge in [0.25, 0.3) is 0 Å². The van der Waals surface area contributed by atoms with Gasteiger partial charge in [-0.25, -0.2) is 0 Å². The van der Waals surface area contributed by atoms with Crippen molar-refractivity contribution in [2.24, 2.45) is 0 Å². The van der Waals surface area contributed by atoms with E-state index in [1.807, 2.05) is 0 Å². The van der Waals surface area contributed by atoms with E-state index in [4.69, 9.17) is 0 Å². The van der Waals surface area contributed by atoms with Crippen LogP contribution in [0.3, 0.4) is 0 Å². The second-order valence-electron chi connectivity index (χ2n) is 10.6. The van der Waals surface area contributed by atoms with Gasteiger partial charge in [-0.15, -0.1) is 0 Å². The Morgan fingerprint density at radius 3 is 1.63 bits per heavy atom. The minimum absolute atomic E-state index is 1.08. The smallest absolute Gasteiger partial charge is 0.00235 e. The normalized spacial score (nSPS) is 12.9. The summed E-state index contributed by atoms with van der Waals surface area (Å²) in [4.78, 5) is 0. The van der Waals surface area contributed by atoms with Crippen molar-refractivity contribution in [2.75, 3.05) is 0 Å². The Labute approximate surface area is 224 Å². The van der Waals surface area contributed by atoms with E-state index in [0.717, 1.165) is 12.8 Å². The third kappa shape index (κ3) is 3.76. The fourth-order valence-electron chi connectivity index (χ4n) is 6.42. The Balaban J connectivity index is 1.47. The molecule has 0 fully saturated rings. The quantitative estimate of drug-likeness (QED) is 0.218. The molecule has 38 heavy (non-hydrogen) atoms. The first kappa shape index (κ1) is 22.8. The molecule has 6 aromatic rings. The fourth-order valence-corrected chi connectivity index (χ4v) is 6.42. The Hall–Kier alpha value is -4.42. The molecule has 0 heterocycles. The van der Waals surface area contributed by atoms with Crippen molar-refractivity contribution in [1.29, 1.82) is 0 Å². The average molecular weight is 487 g/mol. The molecule has 182 valence electrons. The van der Waals surface area contributed by atoms with Crippen molar-refractivity contribution >= 4 is 27.1 Å². The van der Waals surface area contributed by atoms with Crippen LogP contribution in [0.15, 0.2) is 121 Å². The van der Waals surface area contributed by atoms with Gasteiger partial charge in [0.15, 0.2) is 0 Å². The highest BCUT2D eigenvalue weighted by atomic mass is 14.2. The molecule has 0 amide bonds. The molecule has 1 aliphatic rings. The summed E-state index contributed by atoms with van der Waals surface area (Å²) in [7, 11) is 0. The van der Waals surface area contributed by atoms with Crippen LogP contribution in [0.25, 0.3) is 49.4 Å². The molecule has 0 aliphatic heterocycles. The van der Waals surface area contributed by atoms with Gasteiger partial charge < -0.3 is 0 Å². The molecular weight excluding hydrogens is 456 g/mol. The predicted octanol–water partition coefficient (Wildman–Crippen LogP) is 10.3. The van der Waals surface area contributed by atoms with Crippen LogP contribution < -0.4 is 0 Å². The second-order valence-corrected chi connectivity index (χ2v) is 10.6. The van der Waals surface area contributed by atoms with E-state index in [2.05, 4.69) is 135 Å². The molecule has 0 heteroatoms. The first-order valence-electron chi connectivity index (χ1n) is 13.6. The fraction of sp³-hybridized carbons (Fsp3) is 0.105. The molecule has 0 N–H and O–H groups in total. The minimum Gasteiger partial charge on any atom is -0.0757 e. The zero-order chi connectivity index (χ0) is 25.6. The Morgan fingerprint density at radius 2 is 1.00 bits per heavy atom. The topological polar surface area (TPSA) is 0 Å². The van der Waals surface area contributed by atoms with Crippen molar-refractivity contribution in [3.8, 4) is 22.3 Å². The van der Waals surface area contributed by atoms with Gasteiger partial charge in [0.05, 0.1) is 0 Å². The second kappa shape index (κ2) is 9.15. The zero-order valence-corrected chi connectivity index (χ0v) is 22.0. The molecule has 0 saturated heterocycles. The molecule has 0 saturated carbocycles. The van der Waals surface area contributed by atoms with Gasteiger partial charge >= 0.3 is 0 Å². The van der Waals surface area contributed by atoms with Crippen LogP contribution in [0.5, 0.6) is 0 Å². The highest BCUT2D eigenvalue weighted by Crippen LogP contribution is 2.45. The van der Waals surface area contributed by atoms with E-state index in [1.54, 1.807) is 0 Å². The van der Waals surface area contributed by atoms with E-state index in [0.29, 0.717) is 0 Å². The summed E-state index contributed by atoms with van der Waals surface area (Å²) >= 11 is 0. The first-order valence-corrected chi connectivity index (χ1v) is 13.6. The van der Waals surface area contributed by atoms with Crippen molar-refractivity contribution in [3.63, 3.8) is 0 Å². The molecule has 0 unspecified atom stereocenters. The summed E-state index contributed by atoms with van der Waals surface area (Å²) in [6.45, 7) is 4.34. The summed E-state index contributed by atoms with van der Waals surface area (Å²) in [5.41, 5.74) is 13.3. The van der Waals surface area contributed by atoms with Crippen LogP contribution in [0.1, 0.15) is 34.2 Å². The van der Waals surface area contributed by atoms with Crippen molar-refractivity contribution < 1.29 is 0 Å². The summed E-state index contributed by atoms with van der Waals surface area (Å²) in [6.07, 6.45) is 4.64. The molecule has 0 nitrogen and oxygen atoms in total. The molecule has 0 spiro atoms. The van der Waals surface area contributed by atoms with Crippen molar-refractivity contribution in [3.05, 3.63) is 149 Å². The largest absolute Gasteiger partial charge is 0.0757 e. The number of hydrogen-bond acceptors (Lipinski definition) is 0. The number of rotatable bonds is 3. The SMILES string of the molecule is Cc1cc(C)cc(-c2ccc(-c3c4ccccc4c(C4=CCCc5ccccc54)c4ccccc34)cc2)c1. The van der Waals surface area contributed by atoms with Gasteiger partial charge in [-0.3, -0.25) is 0 Å². The molecule has 0 atom stereocenters. The van der Waals surface area contributed by atoms with Crippen LogP contribution in [-0.2, 0) is 6.42 Å². The predicted molar refractivity (Wildman–Crippen MR) is 164 cm³/mol. The lowest BCUT2D eigenvalue weighted by Crippen LogP contribution is -2.02. The third-order valence-corrected chi connectivity index (χ3v) is 8.00. The molecule has 0 radical (unpaired) electrons. The van der Waals surface area contributed by atoms with E-state index < -0.39 is 0 Å². The maximum absolute atomic E-state index is 2.45. The van der Waals surface area contributed by atoms with Crippen LogP contribution in [-0.4, -0.2) is 0 Å². The standard InChI is InChI=1S/C38H30/c1-25-22-26(2)24-30(23-25)27-18-20-29(21-19-27)37-33-13-5-7-15-35(33)38(36-16-8-6-14-34(36)37)32-17-9-11-28-10-3-4-12-31(28)32/h3-8,10,12-24H,9,11H2,1-2H3. The van der Waals surface area contributed by atoms with E-state index in [9.17, 15) is 0 Å². The lowest BCUT2D eigenvalue weighted by atomic mass is 9.80. The lowest BCUT2D eigenvalue weighted by molar-refractivity contribution is 0.978. The van der Waals surface area contributed by atoms with Gasteiger partial charge in [0, 0.05) is 0 Å². The maximum atomic E-state index is 2.45. The minimum atomic E-state index is 1.08. The highest BCUT2D eigenvalue weighted by molar-refractivity contribution is 6.20. The Kier molecular flexibility index (Phi) is 5.48. The summed E-state index contributed by atoms with van der Waals surface area (Å²) in [5, 5.41) is 5.26. The van der Waals surface area contributed by atoms with Crippen molar-refractivity contribution in [2.45, 2.75) is 26.7 Å². The highest BCUT2D eigenvalue weighted by Gasteiger charge is 2.21. The van der Waals surface area contributed by atoms with Gasteiger partial charge in [0.2, 0.25) is 0 Å². The van der Waals surface area contributed by atoms with E-state index in [-0.39, 0.29) is 0 Å². The summed E-state index contributed by atoms with van der Waals surface area (Å²) < 4.78 is 0. The molecular formula is C38H30. The number of allylic oxidation sites excluding steroid dienone is 1. The van der Waals surface area contributed by atoms with Crippen LogP contribution in [0.2, 0.25) is 0 Å². The van der Waals surface area contributed by atoms with E-state index >= 15 is 0 Å². The zero-order valence-electron chi connectivity index (χ0n) is 22.0. The number of hydrogen-bond donors (Lipinski definition) is 0. The molecule has 0 bridgehead atoms. The van der Waals surface area contributed by atoms with Gasteiger partial charge in [0.1, 0.15) is 0 Å².